The van der Waals surface area contributed by atoms with Crippen molar-refractivity contribution in [2.75, 3.05) is 0 Å². The normalized spacial score (nSPS) is 30.7. The number of nitrogens with zero attached hydrogens (tertiary/aromatic N) is 1. The fraction of sp³-hybridized carbons (Fsp3) is 0.381. The van der Waals surface area contributed by atoms with Crippen LogP contribution in [-0.2, 0) is 0 Å². The van der Waals surface area contributed by atoms with Crippen LogP contribution in [0.2, 0.25) is 0 Å². The average Bonchev–Trinajstić information content (AvgIpc) is 2.97. The lowest BCUT2D eigenvalue weighted by Gasteiger charge is -2.40. The summed E-state index contributed by atoms with van der Waals surface area (Å²) in [6.45, 7) is 18.5. The molecule has 1 aliphatic carbocycles. The monoisotopic (exact) mass is 305 g/mol. The number of hydrogen-bond acceptors (Lipinski definition) is 0. The van der Waals surface area contributed by atoms with Crippen molar-refractivity contribution in [3.05, 3.63) is 65.7 Å². The van der Waals surface area contributed by atoms with Crippen molar-refractivity contribution in [2.24, 2.45) is 11.3 Å². The molecule has 23 heavy (non-hydrogen) atoms. The molecule has 2 heteroatoms. The first-order valence-corrected chi connectivity index (χ1v) is 8.27. The highest BCUT2D eigenvalue weighted by atomic mass is 14.8. The molecule has 4 unspecified atom stereocenters. The smallest absolute Gasteiger partial charge is 0.288 e. The van der Waals surface area contributed by atoms with Crippen molar-refractivity contribution in [1.29, 1.82) is 0 Å². The van der Waals surface area contributed by atoms with E-state index in [2.05, 4.69) is 67.3 Å². The summed E-state index contributed by atoms with van der Waals surface area (Å²) in [6, 6.07) is 8.43. The summed E-state index contributed by atoms with van der Waals surface area (Å²) in [4.78, 5) is 7.72. The second-order valence-corrected chi connectivity index (χ2v) is 7.11. The molecule has 1 aromatic carbocycles. The van der Waals surface area contributed by atoms with Crippen LogP contribution in [0.3, 0.4) is 0 Å². The maximum Gasteiger partial charge on any atom is 0.288 e. The molecule has 118 valence electrons. The highest BCUT2D eigenvalue weighted by Gasteiger charge is 2.53. The van der Waals surface area contributed by atoms with Crippen LogP contribution in [0.4, 0.5) is 0 Å². The van der Waals surface area contributed by atoms with E-state index in [4.69, 9.17) is 6.57 Å². The van der Waals surface area contributed by atoms with E-state index in [-0.39, 0.29) is 17.4 Å². The van der Waals surface area contributed by atoms with E-state index in [0.29, 0.717) is 5.92 Å². The Morgan fingerprint density at radius 1 is 1.43 bits per heavy atom. The molecular formula is C21H25N2+. The van der Waals surface area contributed by atoms with Crippen molar-refractivity contribution in [3.63, 3.8) is 0 Å². The Balaban J connectivity index is 2.19. The predicted octanol–water partition coefficient (Wildman–Crippen LogP) is 5.76. The third kappa shape index (κ3) is 2.41. The van der Waals surface area contributed by atoms with Gasteiger partial charge < -0.3 is 4.98 Å². The summed E-state index contributed by atoms with van der Waals surface area (Å²) in [7, 11) is 0. The molecule has 2 nitrogen and oxygen atoms in total. The quantitative estimate of drug-likeness (QED) is 0.696. The summed E-state index contributed by atoms with van der Waals surface area (Å²) in [5.74, 6) is 0.616. The largest absolute Gasteiger partial charge is 0.361 e. The zero-order valence-electron chi connectivity index (χ0n) is 14.0. The van der Waals surface area contributed by atoms with Gasteiger partial charge in [-0.2, -0.15) is 0 Å². The molecule has 1 aromatic heterocycles. The molecule has 0 aliphatic heterocycles. The number of rotatable bonds is 3. The van der Waals surface area contributed by atoms with E-state index in [9.17, 15) is 0 Å². The van der Waals surface area contributed by atoms with Gasteiger partial charge in [-0.1, -0.05) is 41.3 Å². The lowest BCUT2D eigenvalue weighted by molar-refractivity contribution is 0.197. The Bertz CT molecular complexity index is 792. The predicted molar refractivity (Wildman–Crippen MR) is 99.0 cm³/mol. The van der Waals surface area contributed by atoms with Gasteiger partial charge in [0, 0.05) is 17.1 Å². The van der Waals surface area contributed by atoms with Crippen LogP contribution in [0.15, 0.2) is 55.3 Å². The number of H-pyrrole nitrogens is 1. The molecule has 0 radical (unpaired) electrons. The summed E-state index contributed by atoms with van der Waals surface area (Å²) in [5.41, 5.74) is 3.58. The second-order valence-electron chi connectivity index (χ2n) is 7.11. The van der Waals surface area contributed by atoms with Crippen LogP contribution in [0.25, 0.3) is 15.7 Å². The molecule has 0 saturated heterocycles. The van der Waals surface area contributed by atoms with Crippen molar-refractivity contribution < 1.29 is 0 Å². The summed E-state index contributed by atoms with van der Waals surface area (Å²) in [5, 5.41) is 1.26. The fourth-order valence-corrected chi connectivity index (χ4v) is 4.22. The number of nitrogens with one attached hydrogen (secondary N) is 1. The van der Waals surface area contributed by atoms with Gasteiger partial charge in [-0.25, -0.2) is 0 Å². The summed E-state index contributed by atoms with van der Waals surface area (Å²) < 4.78 is 0. The number of benzene rings is 1. The SMILES string of the molecule is C#[N+]C1C(c2c[nH]c3ccccc23)C(C(=C)C)CCC1(C)C=C. The van der Waals surface area contributed by atoms with Gasteiger partial charge in [0.25, 0.3) is 12.6 Å². The molecule has 1 heterocycles. The van der Waals surface area contributed by atoms with E-state index in [1.165, 1.54) is 16.5 Å². The molecule has 0 spiro atoms. The van der Waals surface area contributed by atoms with Crippen LogP contribution >= 0.6 is 0 Å². The average molecular weight is 305 g/mol. The van der Waals surface area contributed by atoms with Gasteiger partial charge in [0.1, 0.15) is 0 Å². The summed E-state index contributed by atoms with van der Waals surface area (Å²) in [6.07, 6.45) is 6.29. The Morgan fingerprint density at radius 3 is 2.83 bits per heavy atom. The van der Waals surface area contributed by atoms with Crippen molar-refractivity contribution in [2.45, 2.75) is 38.6 Å². The number of aromatic nitrogens is 1. The lowest BCUT2D eigenvalue weighted by Crippen LogP contribution is -2.41. The maximum atomic E-state index is 5.89. The van der Waals surface area contributed by atoms with Crippen molar-refractivity contribution in [1.82, 2.24) is 4.98 Å². The van der Waals surface area contributed by atoms with Crippen LogP contribution in [-0.4, -0.2) is 11.0 Å². The molecule has 4 atom stereocenters. The van der Waals surface area contributed by atoms with Crippen molar-refractivity contribution in [3.8, 4) is 6.57 Å². The third-order valence-corrected chi connectivity index (χ3v) is 5.68. The maximum absolute atomic E-state index is 5.89. The zero-order chi connectivity index (χ0) is 16.6. The highest BCUT2D eigenvalue weighted by molar-refractivity contribution is 5.84. The molecule has 2 aromatic rings. The van der Waals surface area contributed by atoms with Gasteiger partial charge in [0.05, 0.1) is 11.3 Å². The number of fused-ring (bicyclic) bond motifs is 1. The van der Waals surface area contributed by atoms with Crippen LogP contribution < -0.4 is 0 Å². The highest BCUT2D eigenvalue weighted by Crippen LogP contribution is 2.52. The second kappa shape index (κ2) is 5.74. The molecule has 1 aliphatic rings. The van der Waals surface area contributed by atoms with E-state index in [1.54, 1.807) is 0 Å². The van der Waals surface area contributed by atoms with E-state index >= 15 is 0 Å². The topological polar surface area (TPSA) is 20.1 Å². The minimum atomic E-state index is -0.0796. The minimum absolute atomic E-state index is 0.00894. The molecule has 0 bridgehead atoms. The van der Waals surface area contributed by atoms with E-state index < -0.39 is 0 Å². The fourth-order valence-electron chi connectivity index (χ4n) is 4.22. The number of allylic oxidation sites excluding steroid dienone is 1. The number of aromatic amines is 1. The van der Waals surface area contributed by atoms with E-state index in [1.807, 2.05) is 6.08 Å². The van der Waals surface area contributed by atoms with Gasteiger partial charge in [-0.15, -0.1) is 6.58 Å². The first-order valence-electron chi connectivity index (χ1n) is 8.27. The van der Waals surface area contributed by atoms with Gasteiger partial charge in [-0.3, -0.25) is 0 Å². The number of hydrogen-bond donors (Lipinski definition) is 1. The molecule has 3 rings (SSSR count). The molecule has 1 saturated carbocycles. The van der Waals surface area contributed by atoms with E-state index in [0.717, 1.165) is 18.4 Å². The standard InChI is InChI=1S/C21H25N2/c1-6-21(4)12-11-15(14(2)3)19(20(21)22-5)17-13-23-18-10-8-7-9-16(17)18/h5-10,13,15,19-20,23H,1-2,11-12H2,3-4H3/q+1. The van der Waals surface area contributed by atoms with Gasteiger partial charge >= 0.3 is 0 Å². The molecule has 0 amide bonds. The van der Waals surface area contributed by atoms with Crippen LogP contribution in [0.1, 0.15) is 38.2 Å². The Labute approximate surface area is 138 Å². The Hall–Kier alpha value is -2.27. The summed E-state index contributed by atoms with van der Waals surface area (Å²) >= 11 is 0. The van der Waals surface area contributed by atoms with Crippen LogP contribution in [0, 0.1) is 17.9 Å². The van der Waals surface area contributed by atoms with Crippen LogP contribution in [0.5, 0.6) is 0 Å². The zero-order valence-corrected chi connectivity index (χ0v) is 14.0. The van der Waals surface area contributed by atoms with Gasteiger partial charge in [0.15, 0.2) is 0 Å². The minimum Gasteiger partial charge on any atom is -0.361 e. The number of para-hydroxylation sites is 1. The van der Waals surface area contributed by atoms with Gasteiger partial charge in [-0.05, 0) is 44.2 Å². The Kier molecular flexibility index (Phi) is 3.90. The third-order valence-electron chi connectivity index (χ3n) is 5.68. The lowest BCUT2D eigenvalue weighted by atomic mass is 9.59. The first-order chi connectivity index (χ1) is 11.0. The molecule has 1 N–H and O–H groups in total. The molecular weight excluding hydrogens is 280 g/mol. The van der Waals surface area contributed by atoms with Crippen molar-refractivity contribution >= 4 is 10.9 Å². The Morgan fingerprint density at radius 2 is 2.17 bits per heavy atom. The van der Waals surface area contributed by atoms with Gasteiger partial charge in [0.2, 0.25) is 0 Å². The first kappa shape index (κ1) is 15.6. The molecule has 1 fully saturated rings.